The third kappa shape index (κ3) is 11.1. The van der Waals surface area contributed by atoms with Crippen molar-refractivity contribution in [3.05, 3.63) is 89.5 Å². The van der Waals surface area contributed by atoms with Crippen LogP contribution in [0.3, 0.4) is 0 Å². The molecule has 21 heteroatoms. The molecular weight excluding hydrogens is 964 g/mol. The van der Waals surface area contributed by atoms with E-state index in [2.05, 4.69) is 29.0 Å². The summed E-state index contributed by atoms with van der Waals surface area (Å²) in [6, 6.07) is 17.1. The monoisotopic (exact) mass is 1020 g/mol. The minimum Gasteiger partial charge on any atom is -0.465 e. The maximum Gasteiger partial charge on any atom is 0.501 e. The number of sulfonamides is 1. The molecule has 1 atom stereocenters. The number of allylic oxidation sites excluding steroid dienone is 1. The zero-order valence-corrected chi connectivity index (χ0v) is 41.1. The molecule has 0 aromatic heterocycles. The van der Waals surface area contributed by atoms with Gasteiger partial charge in [-0.2, -0.15) is 13.2 Å². The van der Waals surface area contributed by atoms with E-state index in [4.69, 9.17) is 0 Å². The van der Waals surface area contributed by atoms with Crippen LogP contribution in [-0.4, -0.2) is 138 Å². The Bertz CT molecular complexity index is 2620. The number of anilines is 2. The zero-order chi connectivity index (χ0) is 49.6. The third-order valence-electron chi connectivity index (χ3n) is 14.7. The Balaban J connectivity index is 0.917. The molecule has 5 fully saturated rings. The minimum atomic E-state index is -6.13. The average molecular weight is 1020 g/mol. The summed E-state index contributed by atoms with van der Waals surface area (Å²) in [5.41, 5.74) is -3.40. The van der Waals surface area contributed by atoms with Crippen molar-refractivity contribution in [2.24, 2.45) is 16.2 Å². The van der Waals surface area contributed by atoms with Crippen molar-refractivity contribution < 1.29 is 53.5 Å². The summed E-state index contributed by atoms with van der Waals surface area (Å²) in [7, 11) is -11.0. The third-order valence-corrected chi connectivity index (χ3v) is 18.7. The van der Waals surface area contributed by atoms with Crippen LogP contribution in [-0.2, 0) is 19.9 Å². The maximum absolute atomic E-state index is 14.2. The highest BCUT2D eigenvalue weighted by Gasteiger charge is 2.73. The van der Waals surface area contributed by atoms with Crippen molar-refractivity contribution in [3.63, 3.8) is 0 Å². The Labute approximate surface area is 404 Å². The van der Waals surface area contributed by atoms with Crippen LogP contribution in [0.2, 0.25) is 0 Å². The number of carboxylic acid groups (broad SMARTS) is 1. The molecule has 2 heterocycles. The summed E-state index contributed by atoms with van der Waals surface area (Å²) in [4.78, 5) is 31.3. The van der Waals surface area contributed by atoms with E-state index in [1.807, 2.05) is 40.0 Å². The lowest BCUT2D eigenvalue weighted by Gasteiger charge is -2.72. The Hall–Kier alpha value is -4.44. The number of piperazine rings is 2. The Kier molecular flexibility index (Phi) is 14.5. The van der Waals surface area contributed by atoms with Crippen LogP contribution in [0.5, 0.6) is 0 Å². The number of nitrogens with zero attached hydrogens (tertiary/aromatic N) is 4. The number of hydrogen-bond donors (Lipinski definition) is 3. The number of nitrogens with one attached hydrogen (secondary N) is 2. The topological polar surface area (TPSA) is 160 Å². The first-order chi connectivity index (χ1) is 32.5. The molecule has 9 rings (SSSR count). The number of thioether (sulfide) groups is 1. The lowest BCUT2D eigenvalue weighted by Crippen LogP contribution is -2.66. The van der Waals surface area contributed by atoms with Crippen molar-refractivity contribution in [1.29, 1.82) is 0 Å². The van der Waals surface area contributed by atoms with Crippen LogP contribution >= 0.6 is 11.8 Å². The highest BCUT2D eigenvalue weighted by atomic mass is 32.2. The summed E-state index contributed by atoms with van der Waals surface area (Å²) in [5.74, 6) is -0.789. The summed E-state index contributed by atoms with van der Waals surface area (Å²) in [6.07, 6.45) is 1.77. The van der Waals surface area contributed by atoms with Crippen LogP contribution in [0.25, 0.3) is 0 Å². The van der Waals surface area contributed by atoms with Gasteiger partial charge in [-0.05, 0) is 110 Å². The van der Waals surface area contributed by atoms with E-state index < -0.39 is 70.7 Å². The van der Waals surface area contributed by atoms with Crippen molar-refractivity contribution in [2.75, 3.05) is 81.4 Å². The fourth-order valence-corrected chi connectivity index (χ4v) is 13.8. The predicted molar refractivity (Wildman–Crippen MR) is 254 cm³/mol. The molecule has 4 aliphatic carbocycles. The highest BCUT2D eigenvalue weighted by Crippen LogP contribution is 2.79. The molecule has 2 amide bonds. The number of alkyl halides is 5. The van der Waals surface area contributed by atoms with Gasteiger partial charge in [-0.25, -0.2) is 35.1 Å². The second-order valence-electron chi connectivity index (χ2n) is 20.1. The summed E-state index contributed by atoms with van der Waals surface area (Å²) in [6.45, 7) is 10.0. The molecule has 2 bridgehead atoms. The fraction of sp³-hybridized carbons (Fsp3) is 0.542. The number of amides is 2. The molecule has 0 radical (unpaired) electrons. The normalized spacial score (nSPS) is 23.8. The molecule has 6 aliphatic rings. The van der Waals surface area contributed by atoms with E-state index in [0.29, 0.717) is 64.5 Å². The standard InChI is InChI=1S/C48H59F5N6O7S3/c1-45(2)16-14-34(39(27-45)46-30-47(31-46,32-46)43(49)50)28-57-20-22-58(23-21-57)36-10-8-33(9-11-36)42(60)55-69(65,66)38-12-13-40(41(26-38)68(63,64)48(51,52)53)54-35(29-67-37-6-4-3-5-7-37)15-17-56-18-24-59(25-19-56)44(61)62/h3-13,26,35,43,54H,14-25,27-32H2,1-2H3,(H,55,60)(H,61,62). The molecule has 3 N–H and O–H groups in total. The predicted octanol–water partition coefficient (Wildman–Crippen LogP) is 8.42. The van der Waals surface area contributed by atoms with Crippen molar-refractivity contribution >= 4 is 55.0 Å². The summed E-state index contributed by atoms with van der Waals surface area (Å²) >= 11 is 1.38. The van der Waals surface area contributed by atoms with Crippen LogP contribution in [0.15, 0.2) is 98.6 Å². The number of sulfone groups is 1. The number of rotatable bonds is 17. The molecule has 13 nitrogen and oxygen atoms in total. The van der Waals surface area contributed by atoms with Crippen molar-refractivity contribution in [2.45, 2.75) is 91.5 Å². The smallest absolute Gasteiger partial charge is 0.465 e. The van der Waals surface area contributed by atoms with Crippen LogP contribution in [0.4, 0.5) is 38.1 Å². The van der Waals surface area contributed by atoms with Gasteiger partial charge < -0.3 is 20.2 Å². The van der Waals surface area contributed by atoms with Gasteiger partial charge in [-0.1, -0.05) is 43.2 Å². The van der Waals surface area contributed by atoms with Gasteiger partial charge in [0.2, 0.25) is 6.43 Å². The Morgan fingerprint density at radius 1 is 0.841 bits per heavy atom. The second-order valence-corrected chi connectivity index (χ2v) is 24.8. The zero-order valence-electron chi connectivity index (χ0n) is 38.6. The largest absolute Gasteiger partial charge is 0.501 e. The quantitative estimate of drug-likeness (QED) is 0.0675. The van der Waals surface area contributed by atoms with Crippen molar-refractivity contribution in [3.8, 4) is 0 Å². The van der Waals surface area contributed by atoms with E-state index in [-0.39, 0.29) is 35.2 Å². The number of hydrogen-bond acceptors (Lipinski definition) is 11. The first kappa shape index (κ1) is 50.9. The van der Waals surface area contributed by atoms with Gasteiger partial charge in [-0.15, -0.1) is 11.8 Å². The van der Waals surface area contributed by atoms with Gasteiger partial charge in [-0.3, -0.25) is 14.6 Å². The van der Waals surface area contributed by atoms with E-state index in [1.54, 1.807) is 12.1 Å². The second kappa shape index (κ2) is 19.6. The lowest BCUT2D eigenvalue weighted by molar-refractivity contribution is -0.250. The maximum atomic E-state index is 14.2. The lowest BCUT2D eigenvalue weighted by atomic mass is 9.32. The van der Waals surface area contributed by atoms with Gasteiger partial charge >= 0.3 is 11.6 Å². The molecule has 3 saturated carbocycles. The molecule has 2 saturated heterocycles. The number of benzene rings is 3. The summed E-state index contributed by atoms with van der Waals surface area (Å²) in [5, 5.41) is 12.3. The van der Waals surface area contributed by atoms with Crippen molar-refractivity contribution in [1.82, 2.24) is 19.4 Å². The fourth-order valence-electron chi connectivity index (χ4n) is 10.8. The summed E-state index contributed by atoms with van der Waals surface area (Å²) < 4.78 is 125. The Morgan fingerprint density at radius 3 is 2.09 bits per heavy atom. The molecule has 3 aromatic carbocycles. The van der Waals surface area contributed by atoms with Gasteiger partial charge in [0.05, 0.1) is 10.6 Å². The molecule has 2 aliphatic heterocycles. The molecule has 0 spiro atoms. The molecule has 1 unspecified atom stereocenters. The Morgan fingerprint density at radius 2 is 1.48 bits per heavy atom. The van der Waals surface area contributed by atoms with Gasteiger partial charge in [0.1, 0.15) is 4.90 Å². The van der Waals surface area contributed by atoms with Gasteiger partial charge in [0, 0.05) is 98.8 Å². The first-order valence-electron chi connectivity index (χ1n) is 23.2. The van der Waals surface area contributed by atoms with Gasteiger partial charge in [0.25, 0.3) is 25.8 Å². The molecular formula is C48H59F5N6O7S3. The van der Waals surface area contributed by atoms with Crippen LogP contribution < -0.4 is 14.9 Å². The molecule has 69 heavy (non-hydrogen) atoms. The van der Waals surface area contributed by atoms with Gasteiger partial charge in [0.15, 0.2) is 0 Å². The van der Waals surface area contributed by atoms with E-state index in [9.17, 15) is 53.5 Å². The number of halogens is 5. The van der Waals surface area contributed by atoms with E-state index in [1.165, 1.54) is 39.9 Å². The number of carbonyl (C=O) groups excluding carboxylic acids is 1. The average Bonchev–Trinajstić information content (AvgIpc) is 3.27. The van der Waals surface area contributed by atoms with Crippen LogP contribution in [0.1, 0.15) is 69.2 Å². The first-order valence-corrected chi connectivity index (χ1v) is 27.2. The van der Waals surface area contributed by atoms with Crippen LogP contribution in [0, 0.1) is 16.2 Å². The highest BCUT2D eigenvalue weighted by molar-refractivity contribution is 7.99. The van der Waals surface area contributed by atoms with E-state index >= 15 is 0 Å². The SMILES string of the molecule is CC1(C)CCC(CN2CCN(c3ccc(C(=O)NS(=O)(=O)c4ccc(NC(CCN5CCN(C(=O)O)CC5)CSc5ccccc5)c(S(=O)(=O)C(F)(F)F)c4)cc3)CC2)=C(C23CC(C(F)F)(C2)C3)C1. The van der Waals surface area contributed by atoms with E-state index in [0.717, 1.165) is 61.6 Å². The molecule has 376 valence electrons. The minimum absolute atomic E-state index is 0.0487. The molecule has 3 aromatic rings. The number of carbonyl (C=O) groups is 2.